The molecular formula is C14H20N2O. The van der Waals surface area contributed by atoms with Gasteiger partial charge in [0.25, 0.3) is 0 Å². The van der Waals surface area contributed by atoms with Crippen molar-refractivity contribution >= 4 is 5.91 Å². The number of amides is 1. The first-order chi connectivity index (χ1) is 8.02. The Morgan fingerprint density at radius 1 is 1.24 bits per heavy atom. The third-order valence-corrected chi connectivity index (χ3v) is 2.84. The summed E-state index contributed by atoms with van der Waals surface area (Å²) in [6.45, 7) is 1.78. The number of carbonyl (C=O) groups is 1. The number of aryl methyl sites for hydroxylation is 1. The molecule has 3 heteroatoms. The van der Waals surface area contributed by atoms with Gasteiger partial charge in [0.2, 0.25) is 5.91 Å². The van der Waals surface area contributed by atoms with Crippen molar-refractivity contribution in [3.63, 3.8) is 0 Å². The fourth-order valence-corrected chi connectivity index (χ4v) is 1.80. The standard InChI is InChI=1S/C14H20N2O/c1-11(14(15)17)13(16(2)3)10-9-12-7-5-4-6-8-12/h4-8H,9-10H2,1-3H3,(H2,15,17). The molecule has 0 aliphatic carbocycles. The Bertz CT molecular complexity index is 407. The maximum Gasteiger partial charge on any atom is 0.246 e. The van der Waals surface area contributed by atoms with E-state index in [-0.39, 0.29) is 5.91 Å². The third kappa shape index (κ3) is 3.94. The highest BCUT2D eigenvalue weighted by Gasteiger charge is 2.09. The molecule has 0 radical (unpaired) electrons. The van der Waals surface area contributed by atoms with Crippen LogP contribution in [-0.2, 0) is 11.2 Å². The number of allylic oxidation sites excluding steroid dienone is 1. The Hall–Kier alpha value is -1.77. The van der Waals surface area contributed by atoms with E-state index in [0.717, 1.165) is 18.5 Å². The van der Waals surface area contributed by atoms with E-state index < -0.39 is 0 Å². The fraction of sp³-hybridized carbons (Fsp3) is 0.357. The summed E-state index contributed by atoms with van der Waals surface area (Å²) < 4.78 is 0. The topological polar surface area (TPSA) is 46.3 Å². The molecule has 0 spiro atoms. The number of hydrogen-bond donors (Lipinski definition) is 1. The van der Waals surface area contributed by atoms with Gasteiger partial charge in [0.05, 0.1) is 0 Å². The van der Waals surface area contributed by atoms with Crippen molar-refractivity contribution in [3.05, 3.63) is 47.2 Å². The molecule has 1 amide bonds. The fourth-order valence-electron chi connectivity index (χ4n) is 1.80. The maximum atomic E-state index is 11.2. The second-order valence-corrected chi connectivity index (χ2v) is 4.32. The Labute approximate surface area is 103 Å². The van der Waals surface area contributed by atoms with E-state index >= 15 is 0 Å². The van der Waals surface area contributed by atoms with E-state index in [1.54, 1.807) is 6.92 Å². The highest BCUT2D eigenvalue weighted by Crippen LogP contribution is 2.15. The lowest BCUT2D eigenvalue weighted by Crippen LogP contribution is -2.21. The summed E-state index contributed by atoms with van der Waals surface area (Å²) in [5.41, 5.74) is 8.23. The van der Waals surface area contributed by atoms with E-state index in [4.69, 9.17) is 5.73 Å². The number of primary amides is 1. The quantitative estimate of drug-likeness (QED) is 0.789. The van der Waals surface area contributed by atoms with Crippen LogP contribution in [-0.4, -0.2) is 24.9 Å². The van der Waals surface area contributed by atoms with Crippen LogP contribution in [0.5, 0.6) is 0 Å². The number of rotatable bonds is 5. The largest absolute Gasteiger partial charge is 0.381 e. The molecule has 2 N–H and O–H groups in total. The van der Waals surface area contributed by atoms with Gasteiger partial charge in [0.15, 0.2) is 0 Å². The lowest BCUT2D eigenvalue weighted by atomic mass is 10.0. The molecule has 1 aromatic carbocycles. The minimum Gasteiger partial charge on any atom is -0.381 e. The average Bonchev–Trinajstić information content (AvgIpc) is 2.29. The second-order valence-electron chi connectivity index (χ2n) is 4.32. The van der Waals surface area contributed by atoms with Gasteiger partial charge < -0.3 is 10.6 Å². The van der Waals surface area contributed by atoms with Crippen molar-refractivity contribution in [2.24, 2.45) is 5.73 Å². The van der Waals surface area contributed by atoms with Crippen molar-refractivity contribution in [1.82, 2.24) is 4.90 Å². The molecule has 0 aliphatic rings. The van der Waals surface area contributed by atoms with Crippen LogP contribution in [0.15, 0.2) is 41.6 Å². The molecule has 1 aromatic rings. The molecular weight excluding hydrogens is 212 g/mol. The average molecular weight is 232 g/mol. The molecule has 0 bridgehead atoms. The molecule has 17 heavy (non-hydrogen) atoms. The summed E-state index contributed by atoms with van der Waals surface area (Å²) in [4.78, 5) is 13.2. The SMILES string of the molecule is CC(C(N)=O)=C(CCc1ccccc1)N(C)C. The normalized spacial score (nSPS) is 11.9. The van der Waals surface area contributed by atoms with E-state index in [1.165, 1.54) is 5.56 Å². The van der Waals surface area contributed by atoms with Gasteiger partial charge in [-0.1, -0.05) is 30.3 Å². The van der Waals surface area contributed by atoms with Crippen molar-refractivity contribution in [3.8, 4) is 0 Å². The van der Waals surface area contributed by atoms with Gasteiger partial charge in [-0.3, -0.25) is 4.79 Å². The van der Waals surface area contributed by atoms with Crippen LogP contribution in [0.25, 0.3) is 0 Å². The van der Waals surface area contributed by atoms with Crippen LogP contribution in [0.2, 0.25) is 0 Å². The molecule has 0 aromatic heterocycles. The third-order valence-electron chi connectivity index (χ3n) is 2.84. The van der Waals surface area contributed by atoms with Gasteiger partial charge in [-0.05, 0) is 25.3 Å². The monoisotopic (exact) mass is 232 g/mol. The van der Waals surface area contributed by atoms with Gasteiger partial charge in [-0.15, -0.1) is 0 Å². The van der Waals surface area contributed by atoms with E-state index in [0.29, 0.717) is 5.57 Å². The predicted octanol–water partition coefficient (Wildman–Crippen LogP) is 1.94. The number of carbonyl (C=O) groups excluding carboxylic acids is 1. The van der Waals surface area contributed by atoms with Crippen molar-refractivity contribution in [2.45, 2.75) is 19.8 Å². The zero-order chi connectivity index (χ0) is 12.8. The smallest absolute Gasteiger partial charge is 0.246 e. The van der Waals surface area contributed by atoms with Crippen LogP contribution in [0.4, 0.5) is 0 Å². The molecule has 92 valence electrons. The Morgan fingerprint density at radius 2 is 1.82 bits per heavy atom. The zero-order valence-electron chi connectivity index (χ0n) is 10.7. The first-order valence-electron chi connectivity index (χ1n) is 5.73. The molecule has 3 nitrogen and oxygen atoms in total. The molecule has 0 heterocycles. The first-order valence-corrected chi connectivity index (χ1v) is 5.73. The molecule has 0 atom stereocenters. The van der Waals surface area contributed by atoms with Gasteiger partial charge in [0, 0.05) is 25.4 Å². The summed E-state index contributed by atoms with van der Waals surface area (Å²) in [6.07, 6.45) is 1.74. The maximum absolute atomic E-state index is 11.2. The lowest BCUT2D eigenvalue weighted by molar-refractivity contribution is -0.114. The van der Waals surface area contributed by atoms with E-state index in [1.807, 2.05) is 37.2 Å². The Kier molecular flexibility index (Phi) is 4.76. The summed E-state index contributed by atoms with van der Waals surface area (Å²) in [7, 11) is 3.87. The number of nitrogens with two attached hydrogens (primary N) is 1. The lowest BCUT2D eigenvalue weighted by Gasteiger charge is -2.19. The Morgan fingerprint density at radius 3 is 2.29 bits per heavy atom. The minimum atomic E-state index is -0.346. The van der Waals surface area contributed by atoms with E-state index in [2.05, 4.69) is 12.1 Å². The molecule has 0 aliphatic heterocycles. The highest BCUT2D eigenvalue weighted by molar-refractivity contribution is 5.91. The highest BCUT2D eigenvalue weighted by atomic mass is 16.1. The molecule has 0 saturated carbocycles. The number of hydrogen-bond acceptors (Lipinski definition) is 2. The molecule has 0 fully saturated rings. The number of nitrogens with zero attached hydrogens (tertiary/aromatic N) is 1. The van der Waals surface area contributed by atoms with Crippen molar-refractivity contribution in [1.29, 1.82) is 0 Å². The summed E-state index contributed by atoms with van der Waals surface area (Å²) in [5, 5.41) is 0. The second kappa shape index (κ2) is 6.09. The minimum absolute atomic E-state index is 0.346. The van der Waals surface area contributed by atoms with E-state index in [9.17, 15) is 4.79 Å². The Balaban J connectivity index is 2.77. The molecule has 0 unspecified atom stereocenters. The zero-order valence-corrected chi connectivity index (χ0v) is 10.7. The summed E-state index contributed by atoms with van der Waals surface area (Å²) in [5.74, 6) is -0.346. The van der Waals surface area contributed by atoms with Gasteiger partial charge in [-0.2, -0.15) is 0 Å². The van der Waals surface area contributed by atoms with Crippen LogP contribution in [0, 0.1) is 0 Å². The van der Waals surface area contributed by atoms with Crippen LogP contribution < -0.4 is 5.73 Å². The van der Waals surface area contributed by atoms with Crippen LogP contribution in [0.1, 0.15) is 18.9 Å². The van der Waals surface area contributed by atoms with Crippen molar-refractivity contribution in [2.75, 3.05) is 14.1 Å². The van der Waals surface area contributed by atoms with Crippen molar-refractivity contribution < 1.29 is 4.79 Å². The van der Waals surface area contributed by atoms with Gasteiger partial charge in [0.1, 0.15) is 0 Å². The molecule has 1 rings (SSSR count). The number of benzene rings is 1. The molecule has 0 saturated heterocycles. The van der Waals surface area contributed by atoms with Crippen LogP contribution >= 0.6 is 0 Å². The first kappa shape index (κ1) is 13.3. The summed E-state index contributed by atoms with van der Waals surface area (Å²) in [6, 6.07) is 10.2. The predicted molar refractivity (Wildman–Crippen MR) is 70.3 cm³/mol. The summed E-state index contributed by atoms with van der Waals surface area (Å²) >= 11 is 0. The van der Waals surface area contributed by atoms with Gasteiger partial charge >= 0.3 is 0 Å². The van der Waals surface area contributed by atoms with Gasteiger partial charge in [-0.25, -0.2) is 0 Å². The van der Waals surface area contributed by atoms with Crippen LogP contribution in [0.3, 0.4) is 0 Å².